The molecule has 0 spiro atoms. The zero-order valence-corrected chi connectivity index (χ0v) is 11.2. The lowest BCUT2D eigenvalue weighted by molar-refractivity contribution is 0.00356. The second-order valence-corrected chi connectivity index (χ2v) is 4.45. The van der Waals surface area contributed by atoms with Crippen LogP contribution in [0.1, 0.15) is 15.9 Å². The highest BCUT2D eigenvalue weighted by Crippen LogP contribution is 2.22. The van der Waals surface area contributed by atoms with Gasteiger partial charge < -0.3 is 19.5 Å². The predicted molar refractivity (Wildman–Crippen MR) is 71.5 cm³/mol. The molecule has 2 rings (SSSR count). The molecule has 1 aromatic carbocycles. The van der Waals surface area contributed by atoms with Crippen molar-refractivity contribution in [3.05, 3.63) is 29.3 Å². The minimum absolute atomic E-state index is 0.0398. The zero-order valence-electron chi connectivity index (χ0n) is 11.2. The van der Waals surface area contributed by atoms with E-state index in [0.29, 0.717) is 19.7 Å². The van der Waals surface area contributed by atoms with Crippen molar-refractivity contribution in [2.75, 3.05) is 38.3 Å². The lowest BCUT2D eigenvalue weighted by atomic mass is 10.1. The van der Waals surface area contributed by atoms with Crippen molar-refractivity contribution in [1.29, 1.82) is 5.26 Å². The average Bonchev–Trinajstić information content (AvgIpc) is 2.53. The van der Waals surface area contributed by atoms with E-state index in [1.165, 1.54) is 7.11 Å². The van der Waals surface area contributed by atoms with Crippen LogP contribution in [0.5, 0.6) is 0 Å². The maximum Gasteiger partial charge on any atom is 0.339 e. The first-order valence-electron chi connectivity index (χ1n) is 6.29. The summed E-state index contributed by atoms with van der Waals surface area (Å²) in [6.45, 7) is 1.71. The van der Waals surface area contributed by atoms with Gasteiger partial charge in [-0.25, -0.2) is 4.79 Å². The van der Waals surface area contributed by atoms with Crippen LogP contribution < -0.4 is 4.90 Å². The van der Waals surface area contributed by atoms with Gasteiger partial charge in [-0.05, 0) is 18.2 Å². The third-order valence-corrected chi connectivity index (χ3v) is 3.24. The van der Waals surface area contributed by atoms with E-state index in [4.69, 9.17) is 15.1 Å². The molecule has 0 amide bonds. The number of morpholine rings is 1. The van der Waals surface area contributed by atoms with Gasteiger partial charge >= 0.3 is 5.97 Å². The van der Waals surface area contributed by atoms with Gasteiger partial charge in [0.2, 0.25) is 0 Å². The van der Waals surface area contributed by atoms with Gasteiger partial charge in [0.15, 0.2) is 0 Å². The molecule has 6 heteroatoms. The van der Waals surface area contributed by atoms with Crippen LogP contribution in [0.4, 0.5) is 5.69 Å². The molecule has 0 saturated carbocycles. The third kappa shape index (κ3) is 2.90. The molecule has 106 valence electrons. The second kappa shape index (κ2) is 6.37. The number of anilines is 1. The number of benzene rings is 1. The Kier molecular flexibility index (Phi) is 4.56. The maximum absolute atomic E-state index is 11.5. The predicted octanol–water partition coefficient (Wildman–Crippen LogP) is 0.542. The van der Waals surface area contributed by atoms with Crippen molar-refractivity contribution in [2.24, 2.45) is 0 Å². The number of methoxy groups -OCH3 is 1. The number of carbonyl (C=O) groups excluding carboxylic acids is 1. The molecule has 1 aliphatic heterocycles. The summed E-state index contributed by atoms with van der Waals surface area (Å²) in [6.07, 6.45) is -0.227. The first-order valence-corrected chi connectivity index (χ1v) is 6.29. The number of esters is 1. The first kappa shape index (κ1) is 14.3. The molecule has 1 atom stereocenters. The Morgan fingerprint density at radius 3 is 3.10 bits per heavy atom. The van der Waals surface area contributed by atoms with Crippen molar-refractivity contribution in [2.45, 2.75) is 6.10 Å². The van der Waals surface area contributed by atoms with Crippen LogP contribution in [-0.2, 0) is 9.47 Å². The van der Waals surface area contributed by atoms with Crippen molar-refractivity contribution >= 4 is 11.7 Å². The topological polar surface area (TPSA) is 82.8 Å². The summed E-state index contributed by atoms with van der Waals surface area (Å²) in [6, 6.07) is 7.02. The Labute approximate surface area is 117 Å². The minimum Gasteiger partial charge on any atom is -0.465 e. The van der Waals surface area contributed by atoms with Crippen LogP contribution in [0.3, 0.4) is 0 Å². The quantitative estimate of drug-likeness (QED) is 0.811. The van der Waals surface area contributed by atoms with Gasteiger partial charge in [0.05, 0.1) is 37.6 Å². The lowest BCUT2D eigenvalue weighted by Gasteiger charge is -2.33. The average molecular weight is 276 g/mol. The minimum atomic E-state index is -0.525. The number of ether oxygens (including phenoxy) is 2. The molecule has 1 heterocycles. The van der Waals surface area contributed by atoms with Crippen LogP contribution >= 0.6 is 0 Å². The zero-order chi connectivity index (χ0) is 14.5. The van der Waals surface area contributed by atoms with Gasteiger partial charge in [-0.15, -0.1) is 0 Å². The maximum atomic E-state index is 11.5. The SMILES string of the molecule is COC(=O)c1ccc(N2CCO[C@@H](CO)C2)cc1C#N. The molecule has 1 saturated heterocycles. The van der Waals surface area contributed by atoms with E-state index in [2.05, 4.69) is 4.74 Å². The van der Waals surface area contributed by atoms with Crippen molar-refractivity contribution < 1.29 is 19.4 Å². The molecule has 0 bridgehead atoms. The lowest BCUT2D eigenvalue weighted by Crippen LogP contribution is -2.44. The largest absolute Gasteiger partial charge is 0.465 e. The highest BCUT2D eigenvalue weighted by molar-refractivity contribution is 5.92. The van der Waals surface area contributed by atoms with Gasteiger partial charge in [-0.1, -0.05) is 0 Å². The van der Waals surface area contributed by atoms with E-state index in [9.17, 15) is 4.79 Å². The second-order valence-electron chi connectivity index (χ2n) is 4.45. The van der Waals surface area contributed by atoms with E-state index < -0.39 is 5.97 Å². The number of hydrogen-bond acceptors (Lipinski definition) is 6. The van der Waals surface area contributed by atoms with Gasteiger partial charge in [0.25, 0.3) is 0 Å². The highest BCUT2D eigenvalue weighted by atomic mass is 16.5. The summed E-state index contributed by atoms with van der Waals surface area (Å²) in [5.74, 6) is -0.525. The molecule has 1 fully saturated rings. The molecule has 20 heavy (non-hydrogen) atoms. The van der Waals surface area contributed by atoms with E-state index in [1.807, 2.05) is 11.0 Å². The summed E-state index contributed by atoms with van der Waals surface area (Å²) in [4.78, 5) is 13.6. The van der Waals surface area contributed by atoms with E-state index in [0.717, 1.165) is 5.69 Å². The summed E-state index contributed by atoms with van der Waals surface area (Å²) in [7, 11) is 1.28. The number of hydrogen-bond donors (Lipinski definition) is 1. The van der Waals surface area contributed by atoms with Crippen molar-refractivity contribution in [1.82, 2.24) is 0 Å². The first-order chi connectivity index (χ1) is 9.69. The molecular formula is C14H16N2O4. The number of aliphatic hydroxyl groups is 1. The summed E-state index contributed by atoms with van der Waals surface area (Å²) < 4.78 is 10.0. The van der Waals surface area contributed by atoms with Crippen LogP contribution in [0.15, 0.2) is 18.2 Å². The van der Waals surface area contributed by atoms with Gasteiger partial charge in [0.1, 0.15) is 6.07 Å². The van der Waals surface area contributed by atoms with Gasteiger partial charge in [-0.3, -0.25) is 0 Å². The Morgan fingerprint density at radius 1 is 1.65 bits per heavy atom. The standard InChI is InChI=1S/C14H16N2O4/c1-19-14(18)13-3-2-11(6-10(13)7-15)16-4-5-20-12(8-16)9-17/h2-3,6,12,17H,4-5,8-9H2,1H3/t12-/m1/s1. The fourth-order valence-corrected chi connectivity index (χ4v) is 2.17. The fourth-order valence-electron chi connectivity index (χ4n) is 2.17. The molecule has 1 aromatic rings. The van der Waals surface area contributed by atoms with Crippen molar-refractivity contribution in [3.8, 4) is 6.07 Å². The molecule has 0 radical (unpaired) electrons. The van der Waals surface area contributed by atoms with Gasteiger partial charge in [-0.2, -0.15) is 5.26 Å². The van der Waals surface area contributed by atoms with E-state index in [1.54, 1.807) is 18.2 Å². The Bertz CT molecular complexity index is 538. The van der Waals surface area contributed by atoms with Crippen LogP contribution in [-0.4, -0.2) is 50.6 Å². The van der Waals surface area contributed by atoms with Gasteiger partial charge in [0, 0.05) is 18.8 Å². The summed E-state index contributed by atoms with van der Waals surface area (Å²) >= 11 is 0. The van der Waals surface area contributed by atoms with Crippen molar-refractivity contribution in [3.63, 3.8) is 0 Å². The number of nitriles is 1. The number of nitrogens with zero attached hydrogens (tertiary/aromatic N) is 2. The summed E-state index contributed by atoms with van der Waals surface area (Å²) in [5, 5.41) is 18.3. The molecule has 0 unspecified atom stereocenters. The molecule has 6 nitrogen and oxygen atoms in total. The Hall–Kier alpha value is -2.10. The molecular weight excluding hydrogens is 260 g/mol. The van der Waals surface area contributed by atoms with E-state index in [-0.39, 0.29) is 23.8 Å². The molecule has 1 aliphatic rings. The van der Waals surface area contributed by atoms with Crippen LogP contribution in [0, 0.1) is 11.3 Å². The monoisotopic (exact) mass is 276 g/mol. The molecule has 0 aromatic heterocycles. The Balaban J connectivity index is 2.25. The Morgan fingerprint density at radius 2 is 2.45 bits per heavy atom. The highest BCUT2D eigenvalue weighted by Gasteiger charge is 2.21. The number of rotatable bonds is 3. The van der Waals surface area contributed by atoms with Crippen LogP contribution in [0.25, 0.3) is 0 Å². The summed E-state index contributed by atoms with van der Waals surface area (Å²) in [5.41, 5.74) is 1.36. The smallest absolute Gasteiger partial charge is 0.339 e. The molecule has 0 aliphatic carbocycles. The number of aliphatic hydroxyl groups excluding tert-OH is 1. The molecule has 1 N–H and O–H groups in total. The normalized spacial score (nSPS) is 18.4. The van der Waals surface area contributed by atoms with E-state index >= 15 is 0 Å². The number of carbonyl (C=O) groups is 1. The fraction of sp³-hybridized carbons (Fsp3) is 0.429. The third-order valence-electron chi connectivity index (χ3n) is 3.24. The van der Waals surface area contributed by atoms with Crippen LogP contribution in [0.2, 0.25) is 0 Å².